The molecule has 2 aromatic rings. The number of hydrogen-bond donors (Lipinski definition) is 0. The molecule has 0 aliphatic carbocycles. The Morgan fingerprint density at radius 1 is 1.22 bits per heavy atom. The molecular formula is C18H22N6O2S. The average Bonchev–Trinajstić information content (AvgIpc) is 2.91. The maximum atomic E-state index is 12.8. The minimum Gasteiger partial charge on any atom is -0.337 e. The first-order valence-electron chi connectivity index (χ1n) is 9.08. The summed E-state index contributed by atoms with van der Waals surface area (Å²) in [5, 5.41) is 8.59. The molecule has 2 amide bonds. The highest BCUT2D eigenvalue weighted by Gasteiger charge is 2.38. The Kier molecular flexibility index (Phi) is 5.11. The van der Waals surface area contributed by atoms with Crippen molar-refractivity contribution in [3.8, 4) is 0 Å². The number of carbonyl (C=O) groups is 2. The van der Waals surface area contributed by atoms with Crippen molar-refractivity contribution in [3.63, 3.8) is 0 Å². The number of hydrogen-bond acceptors (Lipinski definition) is 6. The zero-order valence-corrected chi connectivity index (χ0v) is 16.0. The van der Waals surface area contributed by atoms with Gasteiger partial charge in [-0.2, -0.15) is 0 Å². The summed E-state index contributed by atoms with van der Waals surface area (Å²) < 4.78 is 1.81. The van der Waals surface area contributed by atoms with E-state index in [0.717, 1.165) is 24.5 Å². The molecule has 0 radical (unpaired) electrons. The quantitative estimate of drug-likeness (QED) is 0.731. The second kappa shape index (κ2) is 7.67. The lowest BCUT2D eigenvalue weighted by Crippen LogP contribution is -2.48. The molecule has 0 spiro atoms. The lowest BCUT2D eigenvalue weighted by molar-refractivity contribution is -0.132. The number of fused-ring (bicyclic) bond motifs is 4. The molecule has 3 fully saturated rings. The molecule has 3 aliphatic rings. The van der Waals surface area contributed by atoms with E-state index in [1.165, 1.54) is 11.8 Å². The molecular weight excluding hydrogens is 364 g/mol. The highest BCUT2D eigenvalue weighted by Crippen LogP contribution is 2.29. The number of amides is 2. The van der Waals surface area contributed by atoms with E-state index < -0.39 is 0 Å². The third-order valence-corrected chi connectivity index (χ3v) is 6.22. The van der Waals surface area contributed by atoms with Crippen LogP contribution in [0.25, 0.3) is 0 Å². The van der Waals surface area contributed by atoms with E-state index in [1.807, 2.05) is 22.9 Å². The maximum Gasteiger partial charge on any atom is 0.272 e. The van der Waals surface area contributed by atoms with Gasteiger partial charge in [0.2, 0.25) is 5.91 Å². The van der Waals surface area contributed by atoms with Crippen molar-refractivity contribution in [2.75, 3.05) is 25.4 Å². The maximum absolute atomic E-state index is 12.8. The van der Waals surface area contributed by atoms with Crippen molar-refractivity contribution in [3.05, 3.63) is 36.4 Å². The monoisotopic (exact) mass is 386 g/mol. The Morgan fingerprint density at radius 2 is 2.11 bits per heavy atom. The molecule has 2 unspecified atom stereocenters. The normalized spacial score (nSPS) is 22.0. The molecule has 0 N–H and O–H groups in total. The fourth-order valence-corrected chi connectivity index (χ4v) is 4.59. The Morgan fingerprint density at radius 3 is 2.85 bits per heavy atom. The van der Waals surface area contributed by atoms with Crippen molar-refractivity contribution in [1.29, 1.82) is 0 Å². The molecule has 8 nitrogen and oxygen atoms in total. The van der Waals surface area contributed by atoms with Gasteiger partial charge >= 0.3 is 0 Å². The number of rotatable bonds is 4. The van der Waals surface area contributed by atoms with Crippen LogP contribution in [0, 0.1) is 5.92 Å². The SMILES string of the molecule is Cn1cnnc1SCC(=O)N1CC2CCC1CN(C(=O)c1ccccn1)C2. The summed E-state index contributed by atoms with van der Waals surface area (Å²) in [6.07, 6.45) is 5.26. The summed E-state index contributed by atoms with van der Waals surface area (Å²) in [6, 6.07) is 5.45. The van der Waals surface area contributed by atoms with Gasteiger partial charge in [0, 0.05) is 38.9 Å². The second-order valence-corrected chi connectivity index (χ2v) is 8.02. The van der Waals surface area contributed by atoms with Gasteiger partial charge in [-0.1, -0.05) is 17.8 Å². The Labute approximate surface area is 162 Å². The van der Waals surface area contributed by atoms with Crippen molar-refractivity contribution >= 4 is 23.6 Å². The fourth-order valence-electron chi connectivity index (χ4n) is 3.82. The molecule has 5 heterocycles. The average molecular weight is 386 g/mol. The van der Waals surface area contributed by atoms with E-state index >= 15 is 0 Å². The van der Waals surface area contributed by atoms with Crippen molar-refractivity contribution in [2.24, 2.45) is 13.0 Å². The van der Waals surface area contributed by atoms with Gasteiger partial charge < -0.3 is 14.4 Å². The Bertz CT molecular complexity index is 826. The van der Waals surface area contributed by atoms with Gasteiger partial charge in [0.05, 0.1) is 5.75 Å². The van der Waals surface area contributed by atoms with E-state index in [2.05, 4.69) is 15.2 Å². The lowest BCUT2D eigenvalue weighted by Gasteiger charge is -2.36. The molecule has 142 valence electrons. The van der Waals surface area contributed by atoms with E-state index in [-0.39, 0.29) is 17.9 Å². The van der Waals surface area contributed by atoms with Crippen LogP contribution in [0.1, 0.15) is 23.3 Å². The second-order valence-electron chi connectivity index (χ2n) is 7.08. The number of thioether (sulfide) groups is 1. The highest BCUT2D eigenvalue weighted by atomic mass is 32.2. The van der Waals surface area contributed by atoms with Crippen molar-refractivity contribution in [1.82, 2.24) is 29.5 Å². The van der Waals surface area contributed by atoms with Gasteiger partial charge in [0.15, 0.2) is 5.16 Å². The molecule has 9 heteroatoms. The van der Waals surface area contributed by atoms with E-state index in [9.17, 15) is 9.59 Å². The first-order valence-corrected chi connectivity index (χ1v) is 10.1. The van der Waals surface area contributed by atoms with Crippen molar-refractivity contribution in [2.45, 2.75) is 24.0 Å². The molecule has 0 saturated carbocycles. The number of aryl methyl sites for hydroxylation is 1. The summed E-state index contributed by atoms with van der Waals surface area (Å²) >= 11 is 1.40. The number of aromatic nitrogens is 4. The summed E-state index contributed by atoms with van der Waals surface area (Å²) in [7, 11) is 1.86. The number of piperidine rings is 1. The van der Waals surface area contributed by atoms with Crippen LogP contribution in [0.2, 0.25) is 0 Å². The third-order valence-electron chi connectivity index (χ3n) is 5.20. The summed E-state index contributed by atoms with van der Waals surface area (Å²) in [5.41, 5.74) is 0.467. The zero-order chi connectivity index (χ0) is 18.8. The van der Waals surface area contributed by atoms with Crippen LogP contribution in [0.15, 0.2) is 35.9 Å². The molecule has 3 saturated heterocycles. The van der Waals surface area contributed by atoms with Crippen LogP contribution >= 0.6 is 11.8 Å². The van der Waals surface area contributed by atoms with Crippen LogP contribution in [0.3, 0.4) is 0 Å². The predicted octanol–water partition coefficient (Wildman–Crippen LogP) is 1.07. The Hall–Kier alpha value is -2.42. The first-order chi connectivity index (χ1) is 13.1. The molecule has 0 aromatic carbocycles. The van der Waals surface area contributed by atoms with Gasteiger partial charge in [-0.25, -0.2) is 0 Å². The van der Waals surface area contributed by atoms with Gasteiger partial charge in [-0.05, 0) is 30.9 Å². The molecule has 3 aliphatic heterocycles. The van der Waals surface area contributed by atoms with Gasteiger partial charge in [0.1, 0.15) is 12.0 Å². The van der Waals surface area contributed by atoms with E-state index in [1.54, 1.807) is 29.2 Å². The zero-order valence-electron chi connectivity index (χ0n) is 15.2. The molecule has 27 heavy (non-hydrogen) atoms. The van der Waals surface area contributed by atoms with Gasteiger partial charge in [-0.3, -0.25) is 14.6 Å². The highest BCUT2D eigenvalue weighted by molar-refractivity contribution is 7.99. The van der Waals surface area contributed by atoms with Crippen LogP contribution in [-0.2, 0) is 11.8 Å². The molecule has 2 aromatic heterocycles. The summed E-state index contributed by atoms with van der Waals surface area (Å²) in [4.78, 5) is 33.6. The predicted molar refractivity (Wildman–Crippen MR) is 100 cm³/mol. The fraction of sp³-hybridized carbons (Fsp3) is 0.500. The van der Waals surface area contributed by atoms with E-state index in [4.69, 9.17) is 0 Å². The topological polar surface area (TPSA) is 84.2 Å². The third kappa shape index (κ3) is 3.83. The first kappa shape index (κ1) is 18.0. The Balaban J connectivity index is 1.42. The van der Waals surface area contributed by atoms with Crippen LogP contribution < -0.4 is 0 Å². The summed E-state index contributed by atoms with van der Waals surface area (Å²) in [6.45, 7) is 1.98. The van der Waals surface area contributed by atoms with Crippen molar-refractivity contribution < 1.29 is 9.59 Å². The van der Waals surface area contributed by atoms with Crippen LogP contribution in [-0.4, -0.2) is 72.8 Å². The molecule has 2 atom stereocenters. The largest absolute Gasteiger partial charge is 0.337 e. The minimum absolute atomic E-state index is 0.0461. The van der Waals surface area contributed by atoms with Crippen LogP contribution in [0.4, 0.5) is 0 Å². The van der Waals surface area contributed by atoms with Crippen LogP contribution in [0.5, 0.6) is 0 Å². The lowest BCUT2D eigenvalue weighted by atomic mass is 9.95. The molecule has 2 bridgehead atoms. The summed E-state index contributed by atoms with van der Waals surface area (Å²) in [5.74, 6) is 0.713. The standard InChI is InChI=1S/C18H22N6O2S/c1-22-12-20-21-18(22)27-11-16(25)24-9-13-5-6-14(24)10-23(8-13)17(26)15-4-2-3-7-19-15/h2-4,7,12-14H,5-6,8-11H2,1H3. The smallest absolute Gasteiger partial charge is 0.272 e. The molecule has 5 rings (SSSR count). The number of pyridine rings is 1. The van der Waals surface area contributed by atoms with Gasteiger partial charge in [-0.15, -0.1) is 10.2 Å². The van der Waals surface area contributed by atoms with E-state index in [0.29, 0.717) is 30.5 Å². The minimum atomic E-state index is -0.0461. The number of nitrogens with zero attached hydrogens (tertiary/aromatic N) is 6. The number of carbonyl (C=O) groups excluding carboxylic acids is 2. The van der Waals surface area contributed by atoms with Gasteiger partial charge in [0.25, 0.3) is 5.91 Å².